The fourth-order valence-electron chi connectivity index (χ4n) is 2.18. The largest absolute Gasteiger partial charge is 0.354 e. The van der Waals surface area contributed by atoms with Gasteiger partial charge in [0, 0.05) is 12.7 Å². The van der Waals surface area contributed by atoms with Gasteiger partial charge in [0.1, 0.15) is 12.4 Å². The van der Waals surface area contributed by atoms with Gasteiger partial charge in [-0.3, -0.25) is 4.79 Å². The van der Waals surface area contributed by atoms with Crippen molar-refractivity contribution in [3.63, 3.8) is 0 Å². The lowest BCUT2D eigenvalue weighted by Gasteiger charge is -2.29. The van der Waals surface area contributed by atoms with Crippen LogP contribution in [-0.4, -0.2) is 29.0 Å². The maximum Gasteiger partial charge on any atom is 0.244 e. The average Bonchev–Trinajstić information content (AvgIpc) is 2.47. The molecule has 0 atom stereocenters. The van der Waals surface area contributed by atoms with E-state index in [-0.39, 0.29) is 12.5 Å². The summed E-state index contributed by atoms with van der Waals surface area (Å²) in [6.45, 7) is 2.99. The molecule has 0 aliphatic carbocycles. The summed E-state index contributed by atoms with van der Waals surface area (Å²) in [4.78, 5) is 22.3. The molecule has 1 aromatic heterocycles. The van der Waals surface area contributed by atoms with Crippen LogP contribution in [0.15, 0.2) is 36.5 Å². The molecule has 0 saturated carbocycles. The Morgan fingerprint density at radius 3 is 3.05 bits per heavy atom. The van der Waals surface area contributed by atoms with Gasteiger partial charge in [0.15, 0.2) is 0 Å². The van der Waals surface area contributed by atoms with Crippen LogP contribution >= 0.6 is 0 Å². The standard InChI is InChI=1S/C14H15N5O/c1-2-15-14-16-8-7-12(18-14)19-9-13(20)17-10-5-3-4-6-11(10)19/h3-8H,2,9H2,1H3,(H,17,20)(H,15,16,18). The van der Waals surface area contributed by atoms with Crippen molar-refractivity contribution in [1.82, 2.24) is 9.97 Å². The fraction of sp³-hybridized carbons (Fsp3) is 0.214. The summed E-state index contributed by atoms with van der Waals surface area (Å²) >= 11 is 0. The normalized spacial score (nSPS) is 13.7. The minimum absolute atomic E-state index is 0.0488. The third-order valence-corrected chi connectivity index (χ3v) is 3.02. The first-order chi connectivity index (χ1) is 9.78. The fourth-order valence-corrected chi connectivity index (χ4v) is 2.18. The van der Waals surface area contributed by atoms with Crippen LogP contribution in [0.3, 0.4) is 0 Å². The van der Waals surface area contributed by atoms with E-state index in [0.29, 0.717) is 11.8 Å². The highest BCUT2D eigenvalue weighted by Gasteiger charge is 2.23. The number of anilines is 4. The molecule has 1 amide bonds. The summed E-state index contributed by atoms with van der Waals surface area (Å²) < 4.78 is 0. The number of carbonyl (C=O) groups excluding carboxylic acids is 1. The lowest BCUT2D eigenvalue weighted by atomic mass is 10.2. The number of rotatable bonds is 3. The SMILES string of the molecule is CCNc1nccc(N2CC(=O)Nc3ccccc32)n1. The number of hydrogen-bond donors (Lipinski definition) is 2. The zero-order valence-electron chi connectivity index (χ0n) is 11.1. The second kappa shape index (κ2) is 5.16. The van der Waals surface area contributed by atoms with Gasteiger partial charge in [-0.25, -0.2) is 4.98 Å². The Labute approximate surface area is 116 Å². The third kappa shape index (κ3) is 2.27. The van der Waals surface area contributed by atoms with Crippen LogP contribution in [0, 0.1) is 0 Å². The average molecular weight is 269 g/mol. The zero-order chi connectivity index (χ0) is 13.9. The van der Waals surface area contributed by atoms with Crippen molar-refractivity contribution in [2.24, 2.45) is 0 Å². The van der Waals surface area contributed by atoms with Gasteiger partial charge in [-0.1, -0.05) is 12.1 Å². The predicted molar refractivity (Wildman–Crippen MR) is 78.3 cm³/mol. The minimum atomic E-state index is -0.0488. The number of amides is 1. The lowest BCUT2D eigenvalue weighted by molar-refractivity contribution is -0.115. The number of hydrogen-bond acceptors (Lipinski definition) is 5. The summed E-state index contributed by atoms with van der Waals surface area (Å²) in [7, 11) is 0. The Balaban J connectivity index is 2.01. The van der Waals surface area contributed by atoms with Gasteiger partial charge in [-0.05, 0) is 25.1 Å². The highest BCUT2D eigenvalue weighted by molar-refractivity contribution is 6.02. The van der Waals surface area contributed by atoms with Crippen LogP contribution in [-0.2, 0) is 4.79 Å². The molecule has 102 valence electrons. The molecular formula is C14H15N5O. The highest BCUT2D eigenvalue weighted by Crippen LogP contribution is 2.33. The van der Waals surface area contributed by atoms with E-state index in [1.807, 2.05) is 36.1 Å². The number of aromatic nitrogens is 2. The molecule has 6 heteroatoms. The molecule has 3 rings (SSSR count). The van der Waals surface area contributed by atoms with Crippen LogP contribution in [0.4, 0.5) is 23.1 Å². The molecule has 1 aromatic carbocycles. The summed E-state index contributed by atoms with van der Waals surface area (Å²) in [6.07, 6.45) is 1.69. The van der Waals surface area contributed by atoms with Crippen molar-refractivity contribution in [2.45, 2.75) is 6.92 Å². The molecule has 2 aromatic rings. The smallest absolute Gasteiger partial charge is 0.244 e. The number of benzene rings is 1. The summed E-state index contributed by atoms with van der Waals surface area (Å²) in [5, 5.41) is 5.93. The van der Waals surface area contributed by atoms with Crippen molar-refractivity contribution in [3.05, 3.63) is 36.5 Å². The molecule has 0 fully saturated rings. The highest BCUT2D eigenvalue weighted by atomic mass is 16.2. The van der Waals surface area contributed by atoms with Crippen molar-refractivity contribution in [3.8, 4) is 0 Å². The topological polar surface area (TPSA) is 70.2 Å². The quantitative estimate of drug-likeness (QED) is 0.891. The second-order valence-corrected chi connectivity index (χ2v) is 4.42. The first-order valence-corrected chi connectivity index (χ1v) is 6.51. The molecule has 1 aliphatic heterocycles. The van der Waals surface area contributed by atoms with Crippen LogP contribution in [0.1, 0.15) is 6.92 Å². The molecule has 20 heavy (non-hydrogen) atoms. The van der Waals surface area contributed by atoms with Gasteiger partial charge in [0.2, 0.25) is 11.9 Å². The Kier molecular flexibility index (Phi) is 3.20. The van der Waals surface area contributed by atoms with E-state index < -0.39 is 0 Å². The Morgan fingerprint density at radius 2 is 2.20 bits per heavy atom. The van der Waals surface area contributed by atoms with Crippen LogP contribution in [0.2, 0.25) is 0 Å². The first-order valence-electron chi connectivity index (χ1n) is 6.51. The third-order valence-electron chi connectivity index (χ3n) is 3.02. The second-order valence-electron chi connectivity index (χ2n) is 4.42. The predicted octanol–water partition coefficient (Wildman–Crippen LogP) is 2.00. The van der Waals surface area contributed by atoms with Crippen molar-refractivity contribution < 1.29 is 4.79 Å². The van der Waals surface area contributed by atoms with Crippen LogP contribution in [0.5, 0.6) is 0 Å². The van der Waals surface area contributed by atoms with Crippen LogP contribution in [0.25, 0.3) is 0 Å². The van der Waals surface area contributed by atoms with Gasteiger partial charge in [-0.2, -0.15) is 4.98 Å². The first kappa shape index (κ1) is 12.4. The van der Waals surface area contributed by atoms with Crippen molar-refractivity contribution in [1.29, 1.82) is 0 Å². The van der Waals surface area contributed by atoms with E-state index in [0.717, 1.165) is 17.9 Å². The van der Waals surface area contributed by atoms with E-state index in [4.69, 9.17) is 0 Å². The molecule has 0 radical (unpaired) electrons. The molecule has 2 heterocycles. The summed E-state index contributed by atoms with van der Waals surface area (Å²) in [5.41, 5.74) is 1.74. The number of nitrogens with one attached hydrogen (secondary N) is 2. The molecule has 6 nitrogen and oxygen atoms in total. The van der Waals surface area contributed by atoms with Crippen molar-refractivity contribution >= 4 is 29.0 Å². The maximum absolute atomic E-state index is 11.8. The van der Waals surface area contributed by atoms with E-state index in [2.05, 4.69) is 20.6 Å². The number of fused-ring (bicyclic) bond motifs is 1. The molecule has 1 aliphatic rings. The minimum Gasteiger partial charge on any atom is -0.354 e. The Morgan fingerprint density at radius 1 is 1.35 bits per heavy atom. The maximum atomic E-state index is 11.8. The molecule has 2 N–H and O–H groups in total. The number of carbonyl (C=O) groups is 1. The van der Waals surface area contributed by atoms with Gasteiger partial charge in [0.25, 0.3) is 0 Å². The van der Waals surface area contributed by atoms with E-state index in [1.165, 1.54) is 0 Å². The Bertz CT molecular complexity index is 643. The van der Waals surface area contributed by atoms with Gasteiger partial charge in [0.05, 0.1) is 11.4 Å². The van der Waals surface area contributed by atoms with Gasteiger partial charge in [-0.15, -0.1) is 0 Å². The van der Waals surface area contributed by atoms with E-state index in [9.17, 15) is 4.79 Å². The summed E-state index contributed by atoms with van der Waals surface area (Å²) in [5.74, 6) is 1.22. The lowest BCUT2D eigenvalue weighted by Crippen LogP contribution is -2.35. The molecular weight excluding hydrogens is 254 g/mol. The van der Waals surface area contributed by atoms with E-state index >= 15 is 0 Å². The molecule has 0 unspecified atom stereocenters. The molecule has 0 bridgehead atoms. The van der Waals surface area contributed by atoms with Gasteiger partial charge < -0.3 is 15.5 Å². The monoisotopic (exact) mass is 269 g/mol. The van der Waals surface area contributed by atoms with Gasteiger partial charge >= 0.3 is 0 Å². The van der Waals surface area contributed by atoms with Crippen molar-refractivity contribution in [2.75, 3.05) is 28.6 Å². The Hall–Kier alpha value is -2.63. The zero-order valence-corrected chi connectivity index (χ0v) is 11.1. The number of nitrogens with zero attached hydrogens (tertiary/aromatic N) is 3. The van der Waals surface area contributed by atoms with Crippen LogP contribution < -0.4 is 15.5 Å². The number of para-hydroxylation sites is 2. The molecule has 0 saturated heterocycles. The molecule has 0 spiro atoms. The summed E-state index contributed by atoms with van der Waals surface area (Å²) in [6, 6.07) is 9.48. The van der Waals surface area contributed by atoms with E-state index in [1.54, 1.807) is 12.3 Å².